The smallest absolute Gasteiger partial charge is 0.203 e. The predicted octanol–water partition coefficient (Wildman–Crippen LogP) is 0.600. The zero-order valence-electron chi connectivity index (χ0n) is 8.83. The average Bonchev–Trinajstić information content (AvgIpc) is 2.75. The summed E-state index contributed by atoms with van der Waals surface area (Å²) in [6.07, 6.45) is 5.66. The third-order valence-corrected chi connectivity index (χ3v) is 2.91. The molecule has 3 rings (SSSR count). The zero-order chi connectivity index (χ0) is 11.0. The minimum Gasteiger partial charge on any atom is -0.381 e. The summed E-state index contributed by atoms with van der Waals surface area (Å²) < 4.78 is 7.36. The molecule has 0 aliphatic carbocycles. The number of hydrogen-bond acceptors (Lipinski definition) is 5. The van der Waals surface area contributed by atoms with Gasteiger partial charge in [0.1, 0.15) is 5.82 Å². The number of nitrogens with zero attached hydrogens (tertiary/aromatic N) is 4. The second-order valence-corrected chi connectivity index (χ2v) is 3.98. The number of fused-ring (bicyclic) bond motifs is 1. The van der Waals surface area contributed by atoms with Crippen molar-refractivity contribution >= 4 is 11.5 Å². The Morgan fingerprint density at radius 1 is 1.44 bits per heavy atom. The topological polar surface area (TPSA) is 78.3 Å². The fourth-order valence-corrected chi connectivity index (χ4v) is 2.09. The summed E-state index contributed by atoms with van der Waals surface area (Å²) in [5.74, 6) is 1.65. The number of rotatable bonds is 1. The minimum absolute atomic E-state index is 0.311. The molecule has 0 radical (unpaired) electrons. The largest absolute Gasteiger partial charge is 0.381 e. The molecule has 3 heterocycles. The van der Waals surface area contributed by atoms with E-state index in [0.29, 0.717) is 24.0 Å². The molecule has 1 saturated heterocycles. The van der Waals surface area contributed by atoms with Crippen LogP contribution in [0.15, 0.2) is 12.4 Å². The molecule has 1 atom stereocenters. The van der Waals surface area contributed by atoms with Gasteiger partial charge in [-0.15, -0.1) is 10.2 Å². The van der Waals surface area contributed by atoms with Gasteiger partial charge in [0, 0.05) is 24.9 Å². The summed E-state index contributed by atoms with van der Waals surface area (Å²) in [4.78, 5) is 3.99. The van der Waals surface area contributed by atoms with E-state index in [1.54, 1.807) is 6.20 Å². The van der Waals surface area contributed by atoms with E-state index in [1.165, 1.54) is 0 Å². The van der Waals surface area contributed by atoms with E-state index in [1.807, 2.05) is 10.6 Å². The van der Waals surface area contributed by atoms with Gasteiger partial charge in [-0.05, 0) is 12.8 Å². The molecule has 84 valence electrons. The summed E-state index contributed by atoms with van der Waals surface area (Å²) in [6, 6.07) is 0. The van der Waals surface area contributed by atoms with Gasteiger partial charge in [0.25, 0.3) is 0 Å². The Morgan fingerprint density at radius 2 is 2.38 bits per heavy atom. The van der Waals surface area contributed by atoms with Crippen LogP contribution in [0.3, 0.4) is 0 Å². The van der Waals surface area contributed by atoms with E-state index >= 15 is 0 Å². The molecule has 6 heteroatoms. The van der Waals surface area contributed by atoms with Crippen molar-refractivity contribution in [2.45, 2.75) is 18.8 Å². The maximum absolute atomic E-state index is 5.73. The number of aromatic nitrogens is 4. The predicted molar refractivity (Wildman–Crippen MR) is 58.0 cm³/mol. The van der Waals surface area contributed by atoms with Crippen LogP contribution in [0.5, 0.6) is 0 Å². The van der Waals surface area contributed by atoms with Gasteiger partial charge in [-0.1, -0.05) is 0 Å². The van der Waals surface area contributed by atoms with E-state index in [4.69, 9.17) is 10.5 Å². The Kier molecular flexibility index (Phi) is 2.21. The first kappa shape index (κ1) is 9.53. The van der Waals surface area contributed by atoms with E-state index in [9.17, 15) is 0 Å². The second kappa shape index (κ2) is 3.71. The van der Waals surface area contributed by atoms with Crippen LogP contribution in [0, 0.1) is 0 Å². The summed E-state index contributed by atoms with van der Waals surface area (Å²) in [6.45, 7) is 1.56. The van der Waals surface area contributed by atoms with Crippen LogP contribution in [-0.4, -0.2) is 32.8 Å². The molecule has 2 aromatic heterocycles. The third-order valence-electron chi connectivity index (χ3n) is 2.91. The lowest BCUT2D eigenvalue weighted by molar-refractivity contribution is 0.0778. The van der Waals surface area contributed by atoms with Crippen LogP contribution in [0.4, 0.5) is 5.82 Å². The highest BCUT2D eigenvalue weighted by Crippen LogP contribution is 2.24. The van der Waals surface area contributed by atoms with E-state index in [2.05, 4.69) is 15.2 Å². The van der Waals surface area contributed by atoms with Gasteiger partial charge in [0.05, 0.1) is 6.61 Å². The van der Waals surface area contributed by atoms with Gasteiger partial charge in [-0.2, -0.15) is 0 Å². The van der Waals surface area contributed by atoms with Crippen LogP contribution >= 0.6 is 0 Å². The van der Waals surface area contributed by atoms with E-state index in [-0.39, 0.29) is 0 Å². The summed E-state index contributed by atoms with van der Waals surface area (Å²) in [7, 11) is 0. The monoisotopic (exact) mass is 219 g/mol. The lowest BCUT2D eigenvalue weighted by Crippen LogP contribution is -2.17. The molecule has 1 aliphatic rings. The van der Waals surface area contributed by atoms with Crippen LogP contribution in [0.2, 0.25) is 0 Å². The normalized spacial score (nSPS) is 21.4. The second-order valence-electron chi connectivity index (χ2n) is 3.98. The van der Waals surface area contributed by atoms with E-state index < -0.39 is 0 Å². The van der Waals surface area contributed by atoms with Gasteiger partial charge in [0.2, 0.25) is 5.65 Å². The Balaban J connectivity index is 2.06. The highest BCUT2D eigenvalue weighted by Gasteiger charge is 2.21. The maximum Gasteiger partial charge on any atom is 0.203 e. The fraction of sp³-hybridized carbons (Fsp3) is 0.500. The molecule has 0 bridgehead atoms. The number of nitrogens with two attached hydrogens (primary N) is 1. The molecule has 0 spiro atoms. The molecular formula is C10H13N5O. The first-order valence-corrected chi connectivity index (χ1v) is 5.39. The first-order chi connectivity index (χ1) is 7.86. The summed E-state index contributed by atoms with van der Waals surface area (Å²) >= 11 is 0. The molecule has 2 N–H and O–H groups in total. The van der Waals surface area contributed by atoms with Crippen molar-refractivity contribution in [1.82, 2.24) is 19.6 Å². The quantitative estimate of drug-likeness (QED) is 0.759. The SMILES string of the molecule is Nc1nccn2c(C3CCCOC3)nnc12. The lowest BCUT2D eigenvalue weighted by atomic mass is 10.0. The number of hydrogen-bond donors (Lipinski definition) is 1. The van der Waals surface area contributed by atoms with Crippen LogP contribution in [-0.2, 0) is 4.74 Å². The molecule has 0 saturated carbocycles. The van der Waals surface area contributed by atoms with Crippen molar-refractivity contribution in [3.05, 3.63) is 18.2 Å². The number of anilines is 1. The Hall–Kier alpha value is -1.69. The van der Waals surface area contributed by atoms with Crippen molar-refractivity contribution in [2.24, 2.45) is 0 Å². The number of nitrogen functional groups attached to an aromatic ring is 1. The third kappa shape index (κ3) is 1.42. The maximum atomic E-state index is 5.73. The van der Waals surface area contributed by atoms with Gasteiger partial charge >= 0.3 is 0 Å². The van der Waals surface area contributed by atoms with Crippen LogP contribution in [0.25, 0.3) is 5.65 Å². The fourth-order valence-electron chi connectivity index (χ4n) is 2.09. The molecule has 1 fully saturated rings. The summed E-state index contributed by atoms with van der Waals surface area (Å²) in [5, 5.41) is 8.26. The molecule has 0 amide bonds. The Labute approximate surface area is 92.4 Å². The van der Waals surface area contributed by atoms with Crippen molar-refractivity contribution in [2.75, 3.05) is 18.9 Å². The molecular weight excluding hydrogens is 206 g/mol. The molecule has 0 aromatic carbocycles. The van der Waals surface area contributed by atoms with E-state index in [0.717, 1.165) is 25.3 Å². The first-order valence-electron chi connectivity index (χ1n) is 5.39. The average molecular weight is 219 g/mol. The molecule has 1 unspecified atom stereocenters. The van der Waals surface area contributed by atoms with Gasteiger partial charge in [-0.3, -0.25) is 4.40 Å². The van der Waals surface area contributed by atoms with Crippen molar-refractivity contribution in [1.29, 1.82) is 0 Å². The highest BCUT2D eigenvalue weighted by atomic mass is 16.5. The lowest BCUT2D eigenvalue weighted by Gasteiger charge is -2.20. The van der Waals surface area contributed by atoms with Crippen molar-refractivity contribution in [3.63, 3.8) is 0 Å². The number of ether oxygens (including phenoxy) is 1. The van der Waals surface area contributed by atoms with Gasteiger partial charge < -0.3 is 10.5 Å². The zero-order valence-corrected chi connectivity index (χ0v) is 8.83. The molecule has 6 nitrogen and oxygen atoms in total. The summed E-state index contributed by atoms with van der Waals surface area (Å²) in [5.41, 5.74) is 6.36. The Bertz CT molecular complexity index is 503. The van der Waals surface area contributed by atoms with Crippen molar-refractivity contribution < 1.29 is 4.74 Å². The van der Waals surface area contributed by atoms with Gasteiger partial charge in [0.15, 0.2) is 5.82 Å². The van der Waals surface area contributed by atoms with Crippen molar-refractivity contribution in [3.8, 4) is 0 Å². The van der Waals surface area contributed by atoms with Gasteiger partial charge in [-0.25, -0.2) is 4.98 Å². The van der Waals surface area contributed by atoms with Crippen LogP contribution < -0.4 is 5.73 Å². The molecule has 1 aliphatic heterocycles. The molecule has 16 heavy (non-hydrogen) atoms. The Morgan fingerprint density at radius 3 is 3.19 bits per heavy atom. The molecule has 2 aromatic rings. The van der Waals surface area contributed by atoms with Crippen LogP contribution in [0.1, 0.15) is 24.6 Å². The standard InChI is InChI=1S/C10H13N5O/c11-8-10-14-13-9(15(10)4-3-12-8)7-2-1-5-16-6-7/h3-4,7H,1-2,5-6H2,(H2,11,12). The minimum atomic E-state index is 0.311. The highest BCUT2D eigenvalue weighted by molar-refractivity contribution is 5.58.